The van der Waals surface area contributed by atoms with Crippen LogP contribution in [0.3, 0.4) is 0 Å². The maximum absolute atomic E-state index is 9.63. The van der Waals surface area contributed by atoms with Gasteiger partial charge in [0.15, 0.2) is 0 Å². The second-order valence-corrected chi connectivity index (χ2v) is 9.55. The predicted molar refractivity (Wildman–Crippen MR) is 147 cm³/mol. The van der Waals surface area contributed by atoms with Gasteiger partial charge in [0.05, 0.1) is 6.61 Å². The molecule has 0 aromatic heterocycles. The molecule has 1 heterocycles. The van der Waals surface area contributed by atoms with Gasteiger partial charge in [-0.3, -0.25) is 4.90 Å². The number of allylic oxidation sites excluding steroid dienone is 1. The van der Waals surface area contributed by atoms with Crippen LogP contribution in [0, 0.1) is 0 Å². The molecule has 182 valence electrons. The summed E-state index contributed by atoms with van der Waals surface area (Å²) < 4.78 is 0. The minimum atomic E-state index is 0.0351. The SMILES string of the molecule is CC(C)N1CC=C(c2ccc(/C(=C(/CCCO)c3ccccc3)c3ccc(CO)cc3)cc2)CC1. The van der Waals surface area contributed by atoms with Crippen LogP contribution >= 0.6 is 0 Å². The molecule has 0 amide bonds. The quantitative estimate of drug-likeness (QED) is 0.358. The summed E-state index contributed by atoms with van der Waals surface area (Å²) in [7, 11) is 0. The minimum Gasteiger partial charge on any atom is -0.396 e. The Morgan fingerprint density at radius 1 is 0.829 bits per heavy atom. The lowest BCUT2D eigenvalue weighted by Gasteiger charge is -2.29. The predicted octanol–water partition coefficient (Wildman–Crippen LogP) is 6.41. The molecule has 1 aliphatic heterocycles. The zero-order valence-electron chi connectivity index (χ0n) is 21.0. The molecule has 0 bridgehead atoms. The van der Waals surface area contributed by atoms with E-state index >= 15 is 0 Å². The van der Waals surface area contributed by atoms with Crippen molar-refractivity contribution >= 4 is 16.7 Å². The minimum absolute atomic E-state index is 0.0351. The topological polar surface area (TPSA) is 43.7 Å². The van der Waals surface area contributed by atoms with E-state index in [0.717, 1.165) is 37.1 Å². The van der Waals surface area contributed by atoms with Gasteiger partial charge in [-0.15, -0.1) is 0 Å². The van der Waals surface area contributed by atoms with Crippen LogP contribution in [0.25, 0.3) is 16.7 Å². The molecule has 0 radical (unpaired) electrons. The van der Waals surface area contributed by atoms with E-state index in [-0.39, 0.29) is 13.2 Å². The van der Waals surface area contributed by atoms with Gasteiger partial charge in [-0.1, -0.05) is 84.9 Å². The summed E-state index contributed by atoms with van der Waals surface area (Å²) in [6.45, 7) is 6.83. The van der Waals surface area contributed by atoms with E-state index in [0.29, 0.717) is 12.5 Å². The average molecular weight is 468 g/mol. The second kappa shape index (κ2) is 12.1. The number of hydrogen-bond acceptors (Lipinski definition) is 3. The van der Waals surface area contributed by atoms with Gasteiger partial charge < -0.3 is 10.2 Å². The highest BCUT2D eigenvalue weighted by Gasteiger charge is 2.17. The smallest absolute Gasteiger partial charge is 0.0681 e. The standard InChI is InChI=1S/C32H37NO2/c1-24(2)33-20-18-27(19-21-33)26-14-16-30(17-15-26)32(29-12-10-25(23-35)11-13-29)31(9-6-22-34)28-7-4-3-5-8-28/h3-5,7-8,10-18,24,34-35H,6,9,19-23H2,1-2H3/b32-31-. The van der Waals surface area contributed by atoms with Crippen LogP contribution in [-0.2, 0) is 6.61 Å². The molecule has 35 heavy (non-hydrogen) atoms. The highest BCUT2D eigenvalue weighted by Crippen LogP contribution is 2.36. The third kappa shape index (κ3) is 6.18. The van der Waals surface area contributed by atoms with E-state index < -0.39 is 0 Å². The molecule has 3 aromatic rings. The molecule has 3 heteroatoms. The van der Waals surface area contributed by atoms with Crippen molar-refractivity contribution < 1.29 is 10.2 Å². The van der Waals surface area contributed by atoms with Crippen molar-refractivity contribution in [1.82, 2.24) is 4.90 Å². The average Bonchev–Trinajstić information content (AvgIpc) is 2.92. The van der Waals surface area contributed by atoms with Gasteiger partial charge >= 0.3 is 0 Å². The van der Waals surface area contributed by atoms with Crippen molar-refractivity contribution in [3.8, 4) is 0 Å². The molecule has 0 saturated heterocycles. The number of hydrogen-bond donors (Lipinski definition) is 2. The van der Waals surface area contributed by atoms with Crippen molar-refractivity contribution in [2.75, 3.05) is 19.7 Å². The first kappa shape index (κ1) is 25.1. The molecule has 3 aromatic carbocycles. The van der Waals surface area contributed by atoms with Gasteiger partial charge in [0, 0.05) is 25.7 Å². The van der Waals surface area contributed by atoms with Gasteiger partial charge in [0.2, 0.25) is 0 Å². The number of aliphatic hydroxyl groups excluding tert-OH is 2. The van der Waals surface area contributed by atoms with Gasteiger partial charge in [-0.25, -0.2) is 0 Å². The van der Waals surface area contributed by atoms with E-state index in [1.165, 1.54) is 33.4 Å². The highest BCUT2D eigenvalue weighted by molar-refractivity contribution is 5.98. The summed E-state index contributed by atoms with van der Waals surface area (Å²) in [4.78, 5) is 2.50. The summed E-state index contributed by atoms with van der Waals surface area (Å²) >= 11 is 0. The molecule has 2 N–H and O–H groups in total. The lowest BCUT2D eigenvalue weighted by molar-refractivity contribution is 0.245. The number of benzene rings is 3. The Morgan fingerprint density at radius 3 is 2.03 bits per heavy atom. The fourth-order valence-corrected chi connectivity index (χ4v) is 4.87. The van der Waals surface area contributed by atoms with E-state index in [9.17, 15) is 10.2 Å². The van der Waals surface area contributed by atoms with Crippen LogP contribution in [0.2, 0.25) is 0 Å². The second-order valence-electron chi connectivity index (χ2n) is 9.55. The van der Waals surface area contributed by atoms with Gasteiger partial charge in [-0.05, 0) is 77.6 Å². The van der Waals surface area contributed by atoms with Gasteiger partial charge in [0.25, 0.3) is 0 Å². The van der Waals surface area contributed by atoms with Crippen molar-refractivity contribution in [3.63, 3.8) is 0 Å². The molecule has 0 aliphatic carbocycles. The summed E-state index contributed by atoms with van der Waals surface area (Å²) in [6, 6.07) is 28.2. The molecule has 0 atom stereocenters. The Hall–Kier alpha value is -2.98. The van der Waals surface area contributed by atoms with E-state index in [2.05, 4.69) is 85.5 Å². The fourth-order valence-electron chi connectivity index (χ4n) is 4.87. The molecule has 0 fully saturated rings. The first-order valence-corrected chi connectivity index (χ1v) is 12.7. The van der Waals surface area contributed by atoms with Crippen LogP contribution in [-0.4, -0.2) is 40.9 Å². The third-order valence-corrected chi connectivity index (χ3v) is 6.95. The Bertz CT molecular complexity index is 1140. The fraction of sp³-hybridized carbons (Fsp3) is 0.312. The first-order valence-electron chi connectivity index (χ1n) is 12.7. The Labute approximate surface area is 210 Å². The molecule has 1 aliphatic rings. The summed E-state index contributed by atoms with van der Waals surface area (Å²) in [5.41, 5.74) is 9.50. The normalized spacial score (nSPS) is 15.2. The van der Waals surface area contributed by atoms with Crippen molar-refractivity contribution in [2.24, 2.45) is 0 Å². The molecule has 0 spiro atoms. The number of rotatable bonds is 9. The monoisotopic (exact) mass is 467 g/mol. The molecular weight excluding hydrogens is 430 g/mol. The lowest BCUT2D eigenvalue weighted by Crippen LogP contribution is -2.34. The molecule has 4 rings (SSSR count). The summed E-state index contributed by atoms with van der Waals surface area (Å²) in [5.74, 6) is 0. The zero-order chi connectivity index (χ0) is 24.6. The molecular formula is C32H37NO2. The van der Waals surface area contributed by atoms with E-state index in [4.69, 9.17) is 0 Å². The third-order valence-electron chi connectivity index (χ3n) is 6.95. The van der Waals surface area contributed by atoms with Crippen molar-refractivity contribution in [2.45, 2.75) is 45.8 Å². The maximum atomic E-state index is 9.63. The highest BCUT2D eigenvalue weighted by atomic mass is 16.3. The Kier molecular flexibility index (Phi) is 8.70. The summed E-state index contributed by atoms with van der Waals surface area (Å²) in [5, 5.41) is 19.2. The Balaban J connectivity index is 1.77. The molecule has 3 nitrogen and oxygen atoms in total. The number of aliphatic hydroxyl groups is 2. The van der Waals surface area contributed by atoms with E-state index in [1.54, 1.807) is 0 Å². The van der Waals surface area contributed by atoms with Crippen LogP contribution in [0.15, 0.2) is 84.9 Å². The van der Waals surface area contributed by atoms with Crippen LogP contribution in [0.1, 0.15) is 60.9 Å². The van der Waals surface area contributed by atoms with Crippen LogP contribution in [0.5, 0.6) is 0 Å². The van der Waals surface area contributed by atoms with Gasteiger partial charge in [0.1, 0.15) is 0 Å². The van der Waals surface area contributed by atoms with Crippen molar-refractivity contribution in [3.05, 3.63) is 113 Å². The zero-order valence-corrected chi connectivity index (χ0v) is 21.0. The molecule has 0 saturated carbocycles. The van der Waals surface area contributed by atoms with Crippen LogP contribution < -0.4 is 0 Å². The maximum Gasteiger partial charge on any atom is 0.0681 e. The van der Waals surface area contributed by atoms with E-state index in [1.807, 2.05) is 18.2 Å². The largest absolute Gasteiger partial charge is 0.396 e. The lowest BCUT2D eigenvalue weighted by atomic mass is 9.86. The Morgan fingerprint density at radius 2 is 1.49 bits per heavy atom. The number of nitrogens with zero attached hydrogens (tertiary/aromatic N) is 1. The first-order chi connectivity index (χ1) is 17.1. The van der Waals surface area contributed by atoms with Crippen LogP contribution in [0.4, 0.5) is 0 Å². The van der Waals surface area contributed by atoms with Gasteiger partial charge in [-0.2, -0.15) is 0 Å². The summed E-state index contributed by atoms with van der Waals surface area (Å²) in [6.07, 6.45) is 4.95. The molecule has 0 unspecified atom stereocenters. The van der Waals surface area contributed by atoms with Crippen molar-refractivity contribution in [1.29, 1.82) is 0 Å².